The standard InChI is InChI=1S/C15H18N2O2/c1-15(7-4-8-19-15)14(18)17(2)11-13-6-3-5-12(9-13)10-16/h3,5-6,9H,4,7-8,11H2,1-2H3. The van der Waals surface area contributed by atoms with E-state index in [-0.39, 0.29) is 5.91 Å². The molecule has 1 atom stereocenters. The van der Waals surface area contributed by atoms with Crippen molar-refractivity contribution in [1.29, 1.82) is 5.26 Å². The van der Waals surface area contributed by atoms with E-state index >= 15 is 0 Å². The molecule has 1 aromatic rings. The number of hydrogen-bond acceptors (Lipinski definition) is 3. The Labute approximate surface area is 113 Å². The highest BCUT2D eigenvalue weighted by molar-refractivity contribution is 5.84. The molecule has 1 aromatic carbocycles. The average Bonchev–Trinajstić information content (AvgIpc) is 2.86. The van der Waals surface area contributed by atoms with Gasteiger partial charge in [0, 0.05) is 20.2 Å². The summed E-state index contributed by atoms with van der Waals surface area (Å²) in [6.45, 7) is 3.00. The Kier molecular flexibility index (Phi) is 3.87. The molecule has 1 aliphatic heterocycles. The molecule has 1 aliphatic rings. The Morgan fingerprint density at radius 1 is 1.58 bits per heavy atom. The van der Waals surface area contributed by atoms with Crippen molar-refractivity contribution in [2.75, 3.05) is 13.7 Å². The average molecular weight is 258 g/mol. The van der Waals surface area contributed by atoms with E-state index in [0.29, 0.717) is 18.7 Å². The van der Waals surface area contributed by atoms with Crippen LogP contribution in [0.1, 0.15) is 30.9 Å². The van der Waals surface area contributed by atoms with Gasteiger partial charge in [-0.1, -0.05) is 12.1 Å². The van der Waals surface area contributed by atoms with Crippen LogP contribution in [0.3, 0.4) is 0 Å². The van der Waals surface area contributed by atoms with Crippen molar-refractivity contribution in [3.8, 4) is 6.07 Å². The van der Waals surface area contributed by atoms with Crippen LogP contribution < -0.4 is 0 Å². The van der Waals surface area contributed by atoms with Crippen molar-refractivity contribution in [2.45, 2.75) is 31.9 Å². The van der Waals surface area contributed by atoms with Gasteiger partial charge in [0.15, 0.2) is 0 Å². The summed E-state index contributed by atoms with van der Waals surface area (Å²) < 4.78 is 5.56. The van der Waals surface area contributed by atoms with E-state index in [9.17, 15) is 4.79 Å². The molecule has 1 unspecified atom stereocenters. The molecule has 1 amide bonds. The minimum absolute atomic E-state index is 0.00682. The quantitative estimate of drug-likeness (QED) is 0.834. The van der Waals surface area contributed by atoms with E-state index in [1.54, 1.807) is 18.0 Å². The lowest BCUT2D eigenvalue weighted by Crippen LogP contribution is -2.44. The summed E-state index contributed by atoms with van der Waals surface area (Å²) in [5.74, 6) is 0.00682. The van der Waals surface area contributed by atoms with E-state index in [1.165, 1.54) is 0 Å². The van der Waals surface area contributed by atoms with Crippen LogP contribution in [0.5, 0.6) is 0 Å². The maximum absolute atomic E-state index is 12.4. The zero-order valence-corrected chi connectivity index (χ0v) is 11.3. The fourth-order valence-electron chi connectivity index (χ4n) is 2.44. The molecule has 0 radical (unpaired) electrons. The molecule has 1 heterocycles. The molecule has 19 heavy (non-hydrogen) atoms. The van der Waals surface area contributed by atoms with E-state index in [0.717, 1.165) is 18.4 Å². The molecule has 4 nitrogen and oxygen atoms in total. The Morgan fingerprint density at radius 2 is 2.37 bits per heavy atom. The van der Waals surface area contributed by atoms with Crippen molar-refractivity contribution in [2.24, 2.45) is 0 Å². The van der Waals surface area contributed by atoms with E-state index in [1.807, 2.05) is 25.1 Å². The first-order chi connectivity index (χ1) is 9.05. The van der Waals surface area contributed by atoms with Crippen molar-refractivity contribution >= 4 is 5.91 Å². The smallest absolute Gasteiger partial charge is 0.254 e. The lowest BCUT2D eigenvalue weighted by atomic mass is 10.0. The van der Waals surface area contributed by atoms with Gasteiger partial charge in [-0.15, -0.1) is 0 Å². The van der Waals surface area contributed by atoms with Crippen molar-refractivity contribution < 1.29 is 9.53 Å². The zero-order valence-electron chi connectivity index (χ0n) is 11.3. The Hall–Kier alpha value is -1.86. The molecule has 1 saturated heterocycles. The minimum atomic E-state index is -0.679. The first kappa shape index (κ1) is 13.6. The van der Waals surface area contributed by atoms with Crippen LogP contribution >= 0.6 is 0 Å². The molecule has 0 spiro atoms. The highest BCUT2D eigenvalue weighted by Crippen LogP contribution is 2.27. The molecule has 0 aliphatic carbocycles. The summed E-state index contributed by atoms with van der Waals surface area (Å²) in [7, 11) is 1.77. The van der Waals surface area contributed by atoms with E-state index < -0.39 is 5.60 Å². The summed E-state index contributed by atoms with van der Waals surface area (Å²) in [6, 6.07) is 9.42. The van der Waals surface area contributed by atoms with Gasteiger partial charge in [-0.3, -0.25) is 4.79 Å². The highest BCUT2D eigenvalue weighted by atomic mass is 16.5. The van der Waals surface area contributed by atoms with Gasteiger partial charge >= 0.3 is 0 Å². The molecular formula is C15H18N2O2. The van der Waals surface area contributed by atoms with Crippen LogP contribution in [0.15, 0.2) is 24.3 Å². The number of carbonyl (C=O) groups excluding carboxylic acids is 1. The molecule has 0 N–H and O–H groups in total. The third-order valence-corrected chi connectivity index (χ3v) is 3.49. The molecule has 0 saturated carbocycles. The van der Waals surface area contributed by atoms with Crippen molar-refractivity contribution in [3.05, 3.63) is 35.4 Å². The SMILES string of the molecule is CN(Cc1cccc(C#N)c1)C(=O)C1(C)CCCO1. The van der Waals surface area contributed by atoms with Gasteiger partial charge in [0.25, 0.3) is 5.91 Å². The van der Waals surface area contributed by atoms with Gasteiger partial charge in [0.1, 0.15) is 5.60 Å². The molecule has 2 rings (SSSR count). The normalized spacial score (nSPS) is 21.9. The summed E-state index contributed by atoms with van der Waals surface area (Å²) in [5, 5.41) is 8.87. The van der Waals surface area contributed by atoms with Crippen LogP contribution in [-0.2, 0) is 16.1 Å². The van der Waals surface area contributed by atoms with Crippen LogP contribution in [0.25, 0.3) is 0 Å². The largest absolute Gasteiger partial charge is 0.365 e. The van der Waals surface area contributed by atoms with Crippen molar-refractivity contribution in [3.63, 3.8) is 0 Å². The predicted octanol–water partition coefficient (Wildman–Crippen LogP) is 2.09. The number of nitrogens with zero attached hydrogens (tertiary/aromatic N) is 2. The summed E-state index contributed by atoms with van der Waals surface area (Å²) >= 11 is 0. The monoisotopic (exact) mass is 258 g/mol. The predicted molar refractivity (Wildman–Crippen MR) is 71.2 cm³/mol. The van der Waals surface area contributed by atoms with Crippen LogP contribution in [0, 0.1) is 11.3 Å². The summed E-state index contributed by atoms with van der Waals surface area (Å²) in [6.07, 6.45) is 1.70. The van der Waals surface area contributed by atoms with Gasteiger partial charge in [-0.25, -0.2) is 0 Å². The summed E-state index contributed by atoms with van der Waals surface area (Å²) in [4.78, 5) is 14.0. The van der Waals surface area contributed by atoms with Crippen molar-refractivity contribution in [1.82, 2.24) is 4.90 Å². The number of rotatable bonds is 3. The van der Waals surface area contributed by atoms with Gasteiger partial charge in [0.2, 0.25) is 0 Å². The third kappa shape index (κ3) is 2.94. The minimum Gasteiger partial charge on any atom is -0.365 e. The second-order valence-electron chi connectivity index (χ2n) is 5.16. The molecular weight excluding hydrogens is 240 g/mol. The van der Waals surface area contributed by atoms with Crippen LogP contribution in [0.4, 0.5) is 0 Å². The Balaban J connectivity index is 2.06. The number of carbonyl (C=O) groups is 1. The first-order valence-corrected chi connectivity index (χ1v) is 6.44. The molecule has 0 aromatic heterocycles. The Morgan fingerprint density at radius 3 is 3.00 bits per heavy atom. The number of nitriles is 1. The Bertz CT molecular complexity index is 513. The number of hydrogen-bond donors (Lipinski definition) is 0. The number of amides is 1. The second kappa shape index (κ2) is 5.41. The fraction of sp³-hybridized carbons (Fsp3) is 0.467. The number of ether oxygens (including phenoxy) is 1. The first-order valence-electron chi connectivity index (χ1n) is 6.44. The lowest BCUT2D eigenvalue weighted by molar-refractivity contribution is -0.150. The maximum atomic E-state index is 12.4. The number of likely N-dealkylation sites (N-methyl/N-ethyl adjacent to an activating group) is 1. The van der Waals surface area contributed by atoms with Gasteiger partial charge in [0.05, 0.1) is 11.6 Å². The number of benzene rings is 1. The maximum Gasteiger partial charge on any atom is 0.254 e. The van der Waals surface area contributed by atoms with Crippen LogP contribution in [-0.4, -0.2) is 30.1 Å². The topological polar surface area (TPSA) is 53.3 Å². The second-order valence-corrected chi connectivity index (χ2v) is 5.16. The molecule has 1 fully saturated rings. The third-order valence-electron chi connectivity index (χ3n) is 3.49. The molecule has 0 bridgehead atoms. The zero-order chi connectivity index (χ0) is 13.9. The molecule has 100 valence electrons. The van der Waals surface area contributed by atoms with E-state index in [4.69, 9.17) is 10.00 Å². The van der Waals surface area contributed by atoms with Gasteiger partial charge < -0.3 is 9.64 Å². The highest BCUT2D eigenvalue weighted by Gasteiger charge is 2.39. The van der Waals surface area contributed by atoms with E-state index in [2.05, 4.69) is 6.07 Å². The molecule has 4 heteroatoms. The van der Waals surface area contributed by atoms with Gasteiger partial charge in [-0.2, -0.15) is 5.26 Å². The summed E-state index contributed by atoms with van der Waals surface area (Å²) in [5.41, 5.74) is 0.889. The van der Waals surface area contributed by atoms with Gasteiger partial charge in [-0.05, 0) is 37.5 Å². The van der Waals surface area contributed by atoms with Crippen LogP contribution in [0.2, 0.25) is 0 Å². The lowest BCUT2D eigenvalue weighted by Gasteiger charge is -2.28. The fourth-order valence-corrected chi connectivity index (χ4v) is 2.44.